The van der Waals surface area contributed by atoms with Crippen molar-refractivity contribution < 1.29 is 0 Å². The molecule has 0 heterocycles. The molecule has 0 amide bonds. The van der Waals surface area contributed by atoms with Crippen LogP contribution in [0, 0.1) is 0 Å². The average Bonchev–Trinajstić information content (AvgIpc) is 2.45. The normalized spacial score (nSPS) is 12.7. The van der Waals surface area contributed by atoms with Crippen LogP contribution in [-0.2, 0) is 6.54 Å². The van der Waals surface area contributed by atoms with Crippen molar-refractivity contribution in [3.8, 4) is 0 Å². The Morgan fingerprint density at radius 1 is 0.950 bits per heavy atom. The van der Waals surface area contributed by atoms with Gasteiger partial charge in [0, 0.05) is 17.1 Å². The Kier molecular flexibility index (Phi) is 5.38. The molecule has 0 spiro atoms. The van der Waals surface area contributed by atoms with Gasteiger partial charge in [-0.1, -0.05) is 66.2 Å². The SMILES string of the molecule is CC(C)c1ccc(C(C)NCc2cccc(Br)c2)cc1. The molecule has 0 saturated heterocycles. The minimum Gasteiger partial charge on any atom is -0.306 e. The molecule has 1 atom stereocenters. The summed E-state index contributed by atoms with van der Waals surface area (Å²) < 4.78 is 1.13. The summed E-state index contributed by atoms with van der Waals surface area (Å²) in [5.74, 6) is 0.592. The van der Waals surface area contributed by atoms with Gasteiger partial charge in [0.25, 0.3) is 0 Å². The van der Waals surface area contributed by atoms with Crippen LogP contribution in [0.25, 0.3) is 0 Å². The molecule has 1 N–H and O–H groups in total. The van der Waals surface area contributed by atoms with Crippen molar-refractivity contribution in [2.75, 3.05) is 0 Å². The summed E-state index contributed by atoms with van der Waals surface area (Å²) in [5.41, 5.74) is 4.03. The Labute approximate surface area is 130 Å². The van der Waals surface area contributed by atoms with E-state index in [4.69, 9.17) is 0 Å². The van der Waals surface area contributed by atoms with Gasteiger partial charge >= 0.3 is 0 Å². The third-order valence-corrected chi connectivity index (χ3v) is 4.10. The maximum absolute atomic E-state index is 3.57. The van der Waals surface area contributed by atoms with E-state index < -0.39 is 0 Å². The lowest BCUT2D eigenvalue weighted by Crippen LogP contribution is -2.18. The largest absolute Gasteiger partial charge is 0.306 e. The van der Waals surface area contributed by atoms with E-state index in [0.717, 1.165) is 11.0 Å². The third kappa shape index (κ3) is 4.19. The van der Waals surface area contributed by atoms with E-state index in [1.165, 1.54) is 16.7 Å². The molecule has 0 saturated carbocycles. The predicted molar refractivity (Wildman–Crippen MR) is 89.9 cm³/mol. The molecule has 1 nitrogen and oxygen atoms in total. The van der Waals surface area contributed by atoms with Gasteiger partial charge < -0.3 is 5.32 Å². The Hall–Kier alpha value is -1.12. The molecule has 2 heteroatoms. The molecule has 0 bridgehead atoms. The monoisotopic (exact) mass is 331 g/mol. The molecule has 0 aliphatic rings. The number of rotatable bonds is 5. The van der Waals surface area contributed by atoms with Gasteiger partial charge in [-0.3, -0.25) is 0 Å². The van der Waals surface area contributed by atoms with Crippen LogP contribution in [0.4, 0.5) is 0 Å². The van der Waals surface area contributed by atoms with E-state index in [2.05, 4.69) is 90.5 Å². The molecule has 2 rings (SSSR count). The Morgan fingerprint density at radius 2 is 1.60 bits per heavy atom. The molecular weight excluding hydrogens is 310 g/mol. The molecule has 1 unspecified atom stereocenters. The predicted octanol–water partition coefficient (Wildman–Crippen LogP) is 5.42. The summed E-state index contributed by atoms with van der Waals surface area (Å²) in [4.78, 5) is 0. The van der Waals surface area contributed by atoms with E-state index in [-0.39, 0.29) is 0 Å². The van der Waals surface area contributed by atoms with Crippen molar-refractivity contribution in [2.24, 2.45) is 0 Å². The highest BCUT2D eigenvalue weighted by Gasteiger charge is 2.06. The quantitative estimate of drug-likeness (QED) is 0.770. The Bertz CT molecular complexity index is 546. The molecule has 106 valence electrons. The number of benzene rings is 2. The second-order valence-electron chi connectivity index (χ2n) is 5.55. The minimum atomic E-state index is 0.357. The van der Waals surface area contributed by atoms with Gasteiger partial charge in [-0.15, -0.1) is 0 Å². The number of halogens is 1. The zero-order valence-corrected chi connectivity index (χ0v) is 13.9. The first-order chi connectivity index (χ1) is 9.56. The first-order valence-corrected chi connectivity index (χ1v) is 7.93. The topological polar surface area (TPSA) is 12.0 Å². The van der Waals surface area contributed by atoms with E-state index >= 15 is 0 Å². The summed E-state index contributed by atoms with van der Waals surface area (Å²) in [6.07, 6.45) is 0. The molecule has 0 fully saturated rings. The smallest absolute Gasteiger partial charge is 0.0294 e. The van der Waals surface area contributed by atoms with E-state index in [1.54, 1.807) is 0 Å². The van der Waals surface area contributed by atoms with Crippen molar-refractivity contribution in [1.29, 1.82) is 0 Å². The zero-order chi connectivity index (χ0) is 14.5. The lowest BCUT2D eigenvalue weighted by molar-refractivity contribution is 0.574. The van der Waals surface area contributed by atoms with Gasteiger partial charge in [0.05, 0.1) is 0 Å². The summed E-state index contributed by atoms with van der Waals surface area (Å²) in [5, 5.41) is 3.57. The first-order valence-electron chi connectivity index (χ1n) is 7.14. The summed E-state index contributed by atoms with van der Waals surface area (Å²) in [6, 6.07) is 17.7. The number of hydrogen-bond acceptors (Lipinski definition) is 1. The van der Waals surface area contributed by atoms with Gasteiger partial charge in [-0.25, -0.2) is 0 Å². The van der Waals surface area contributed by atoms with Crippen molar-refractivity contribution in [2.45, 2.75) is 39.3 Å². The Morgan fingerprint density at radius 3 is 2.20 bits per heavy atom. The second kappa shape index (κ2) is 7.05. The van der Waals surface area contributed by atoms with Crippen LogP contribution >= 0.6 is 15.9 Å². The van der Waals surface area contributed by atoms with Crippen molar-refractivity contribution in [3.63, 3.8) is 0 Å². The summed E-state index contributed by atoms with van der Waals surface area (Å²) in [7, 11) is 0. The van der Waals surface area contributed by atoms with E-state index in [1.807, 2.05) is 0 Å². The standard InChI is InChI=1S/C18H22BrN/c1-13(2)16-7-9-17(10-8-16)14(3)20-12-15-5-4-6-18(19)11-15/h4-11,13-14,20H,12H2,1-3H3. The fourth-order valence-electron chi connectivity index (χ4n) is 2.21. The van der Waals surface area contributed by atoms with Gasteiger partial charge in [-0.2, -0.15) is 0 Å². The van der Waals surface area contributed by atoms with Crippen LogP contribution in [0.1, 0.15) is 49.4 Å². The van der Waals surface area contributed by atoms with Crippen molar-refractivity contribution in [1.82, 2.24) is 5.32 Å². The molecular formula is C18H22BrN. The highest BCUT2D eigenvalue weighted by Crippen LogP contribution is 2.19. The zero-order valence-electron chi connectivity index (χ0n) is 12.4. The Balaban J connectivity index is 1.96. The van der Waals surface area contributed by atoms with Gasteiger partial charge in [0.2, 0.25) is 0 Å². The molecule has 2 aromatic carbocycles. The number of nitrogens with one attached hydrogen (secondary N) is 1. The summed E-state index contributed by atoms with van der Waals surface area (Å²) >= 11 is 3.51. The first kappa shape index (κ1) is 15.3. The minimum absolute atomic E-state index is 0.357. The van der Waals surface area contributed by atoms with E-state index in [0.29, 0.717) is 12.0 Å². The maximum Gasteiger partial charge on any atom is 0.0294 e. The van der Waals surface area contributed by atoms with E-state index in [9.17, 15) is 0 Å². The highest BCUT2D eigenvalue weighted by atomic mass is 79.9. The van der Waals surface area contributed by atoms with Gasteiger partial charge in [-0.05, 0) is 41.7 Å². The molecule has 2 aromatic rings. The molecule has 0 radical (unpaired) electrons. The van der Waals surface area contributed by atoms with Crippen LogP contribution in [0.5, 0.6) is 0 Å². The molecule has 20 heavy (non-hydrogen) atoms. The lowest BCUT2D eigenvalue weighted by atomic mass is 9.99. The fourth-order valence-corrected chi connectivity index (χ4v) is 2.65. The lowest BCUT2D eigenvalue weighted by Gasteiger charge is -2.15. The highest BCUT2D eigenvalue weighted by molar-refractivity contribution is 9.10. The fraction of sp³-hybridized carbons (Fsp3) is 0.333. The summed E-state index contributed by atoms with van der Waals surface area (Å²) in [6.45, 7) is 7.54. The number of hydrogen-bond donors (Lipinski definition) is 1. The van der Waals surface area contributed by atoms with Crippen LogP contribution in [0.2, 0.25) is 0 Å². The third-order valence-electron chi connectivity index (χ3n) is 3.60. The maximum atomic E-state index is 3.57. The second-order valence-corrected chi connectivity index (χ2v) is 6.47. The van der Waals surface area contributed by atoms with Crippen molar-refractivity contribution in [3.05, 3.63) is 69.7 Å². The van der Waals surface area contributed by atoms with Gasteiger partial charge in [0.15, 0.2) is 0 Å². The van der Waals surface area contributed by atoms with Crippen LogP contribution in [0.15, 0.2) is 53.0 Å². The van der Waals surface area contributed by atoms with Crippen LogP contribution in [0.3, 0.4) is 0 Å². The van der Waals surface area contributed by atoms with Crippen LogP contribution in [-0.4, -0.2) is 0 Å². The molecule has 0 aliphatic carbocycles. The average molecular weight is 332 g/mol. The van der Waals surface area contributed by atoms with Crippen LogP contribution < -0.4 is 5.32 Å². The molecule has 0 aliphatic heterocycles. The molecule has 0 aromatic heterocycles. The van der Waals surface area contributed by atoms with Gasteiger partial charge in [0.1, 0.15) is 0 Å². The van der Waals surface area contributed by atoms with Crippen molar-refractivity contribution >= 4 is 15.9 Å².